The molecule has 1 atom stereocenters. The maximum Gasteiger partial charge on any atom is 0.251 e. The molecule has 0 radical (unpaired) electrons. The van der Waals surface area contributed by atoms with E-state index in [1.54, 1.807) is 50.6 Å². The van der Waals surface area contributed by atoms with E-state index >= 15 is 0 Å². The van der Waals surface area contributed by atoms with Crippen LogP contribution in [-0.2, 0) is 22.6 Å². The van der Waals surface area contributed by atoms with Gasteiger partial charge in [0.05, 0.1) is 20.6 Å². The van der Waals surface area contributed by atoms with Gasteiger partial charge in [0.25, 0.3) is 5.91 Å². The molecular weight excluding hydrogens is 483 g/mol. The summed E-state index contributed by atoms with van der Waals surface area (Å²) in [5.41, 5.74) is 2.68. The lowest BCUT2D eigenvalue weighted by molar-refractivity contribution is -0.139. The van der Waals surface area contributed by atoms with Crippen LogP contribution in [0.1, 0.15) is 22.7 Å². The predicted molar refractivity (Wildman–Crippen MR) is 144 cm³/mol. The van der Waals surface area contributed by atoms with Gasteiger partial charge in [-0.1, -0.05) is 54.6 Å². The van der Waals surface area contributed by atoms with E-state index < -0.39 is 17.8 Å². The third-order valence-electron chi connectivity index (χ3n) is 6.13. The van der Waals surface area contributed by atoms with Crippen LogP contribution in [0.4, 0.5) is 10.1 Å². The molecule has 0 bridgehead atoms. The Kier molecular flexibility index (Phi) is 8.72. The van der Waals surface area contributed by atoms with Crippen molar-refractivity contribution >= 4 is 17.5 Å². The summed E-state index contributed by atoms with van der Waals surface area (Å²) in [6.07, 6.45) is 0.102. The molecule has 2 amide bonds. The van der Waals surface area contributed by atoms with E-state index in [0.29, 0.717) is 22.7 Å². The number of carbonyl (C=O) groups excluding carboxylic acids is 2. The highest BCUT2D eigenvalue weighted by molar-refractivity contribution is 5.98. The first kappa shape index (κ1) is 26.4. The molecule has 1 unspecified atom stereocenters. The fraction of sp³-hybridized carbons (Fsp3) is 0.161. The van der Waals surface area contributed by atoms with Gasteiger partial charge in [-0.15, -0.1) is 0 Å². The SMILES string of the molecule is COc1ccc(CN(C(=O)Cc2ccccc2)C(C(=O)Nc2ccc(OC)cc2)c2ccc(F)cc2)cc1. The molecule has 0 aliphatic carbocycles. The van der Waals surface area contributed by atoms with Crippen LogP contribution in [0.25, 0.3) is 0 Å². The molecule has 0 heterocycles. The van der Waals surface area contributed by atoms with Crippen molar-refractivity contribution in [1.82, 2.24) is 4.90 Å². The van der Waals surface area contributed by atoms with Crippen LogP contribution in [-0.4, -0.2) is 30.9 Å². The van der Waals surface area contributed by atoms with Gasteiger partial charge in [-0.2, -0.15) is 0 Å². The van der Waals surface area contributed by atoms with Crippen molar-refractivity contribution in [3.05, 3.63) is 126 Å². The Morgan fingerprint density at radius 2 is 1.34 bits per heavy atom. The summed E-state index contributed by atoms with van der Waals surface area (Å²) >= 11 is 0. The van der Waals surface area contributed by atoms with Gasteiger partial charge >= 0.3 is 0 Å². The number of hydrogen-bond donors (Lipinski definition) is 1. The summed E-state index contributed by atoms with van der Waals surface area (Å²) in [7, 11) is 3.15. The van der Waals surface area contributed by atoms with Gasteiger partial charge in [0.15, 0.2) is 0 Å². The topological polar surface area (TPSA) is 67.9 Å². The van der Waals surface area contributed by atoms with Crippen LogP contribution >= 0.6 is 0 Å². The molecule has 0 saturated carbocycles. The molecule has 0 fully saturated rings. The first-order valence-electron chi connectivity index (χ1n) is 12.1. The van der Waals surface area contributed by atoms with Gasteiger partial charge in [-0.3, -0.25) is 9.59 Å². The largest absolute Gasteiger partial charge is 0.497 e. The zero-order valence-electron chi connectivity index (χ0n) is 21.3. The smallest absolute Gasteiger partial charge is 0.251 e. The molecule has 6 nitrogen and oxygen atoms in total. The van der Waals surface area contributed by atoms with Crippen LogP contribution in [0.3, 0.4) is 0 Å². The number of halogens is 1. The lowest BCUT2D eigenvalue weighted by Gasteiger charge is -2.32. The number of nitrogens with zero attached hydrogens (tertiary/aromatic N) is 1. The van der Waals surface area contributed by atoms with E-state index in [1.807, 2.05) is 42.5 Å². The van der Waals surface area contributed by atoms with Crippen molar-refractivity contribution in [3.63, 3.8) is 0 Å². The number of amides is 2. The quantitative estimate of drug-likeness (QED) is 0.292. The highest BCUT2D eigenvalue weighted by atomic mass is 19.1. The molecule has 0 spiro atoms. The molecule has 0 aliphatic heterocycles. The lowest BCUT2D eigenvalue weighted by atomic mass is 10.0. The van der Waals surface area contributed by atoms with Gasteiger partial charge < -0.3 is 19.7 Å². The number of hydrogen-bond acceptors (Lipinski definition) is 4. The maximum absolute atomic E-state index is 13.8. The van der Waals surface area contributed by atoms with Crippen molar-refractivity contribution in [2.75, 3.05) is 19.5 Å². The first-order valence-corrected chi connectivity index (χ1v) is 12.1. The molecule has 7 heteroatoms. The number of methoxy groups -OCH3 is 2. The van der Waals surface area contributed by atoms with E-state index in [-0.39, 0.29) is 18.9 Å². The number of nitrogens with one attached hydrogen (secondary N) is 1. The van der Waals surface area contributed by atoms with Crippen molar-refractivity contribution in [1.29, 1.82) is 0 Å². The molecule has 0 aliphatic rings. The molecule has 4 aromatic carbocycles. The highest BCUT2D eigenvalue weighted by Gasteiger charge is 2.32. The highest BCUT2D eigenvalue weighted by Crippen LogP contribution is 2.28. The normalized spacial score (nSPS) is 11.3. The zero-order valence-corrected chi connectivity index (χ0v) is 21.3. The Morgan fingerprint density at radius 1 is 0.763 bits per heavy atom. The van der Waals surface area contributed by atoms with E-state index in [4.69, 9.17) is 9.47 Å². The van der Waals surface area contributed by atoms with Crippen molar-refractivity contribution in [3.8, 4) is 11.5 Å². The molecule has 0 aromatic heterocycles. The Balaban J connectivity index is 1.72. The minimum absolute atomic E-state index is 0.102. The lowest BCUT2D eigenvalue weighted by Crippen LogP contribution is -2.41. The number of rotatable bonds is 10. The summed E-state index contributed by atoms with van der Waals surface area (Å²) < 4.78 is 24.3. The number of carbonyl (C=O) groups is 2. The number of benzene rings is 4. The van der Waals surface area contributed by atoms with Crippen LogP contribution in [0.15, 0.2) is 103 Å². The second-order valence-corrected chi connectivity index (χ2v) is 8.70. The number of anilines is 1. The van der Waals surface area contributed by atoms with Crippen LogP contribution in [0.2, 0.25) is 0 Å². The molecular formula is C31H29FN2O4. The monoisotopic (exact) mass is 512 g/mol. The van der Waals surface area contributed by atoms with Gasteiger partial charge in [0, 0.05) is 12.2 Å². The fourth-order valence-corrected chi connectivity index (χ4v) is 4.13. The Labute approximate surface area is 221 Å². The van der Waals surface area contributed by atoms with E-state index in [1.165, 1.54) is 29.2 Å². The predicted octanol–water partition coefficient (Wildman–Crippen LogP) is 5.79. The second-order valence-electron chi connectivity index (χ2n) is 8.70. The average Bonchev–Trinajstić information content (AvgIpc) is 2.95. The van der Waals surface area contributed by atoms with Crippen molar-refractivity contribution in [2.24, 2.45) is 0 Å². The minimum Gasteiger partial charge on any atom is -0.497 e. The zero-order chi connectivity index (χ0) is 26.9. The third-order valence-corrected chi connectivity index (χ3v) is 6.13. The van der Waals surface area contributed by atoms with Gasteiger partial charge in [-0.05, 0) is 65.2 Å². The summed E-state index contributed by atoms with van der Waals surface area (Å²) in [5.74, 6) is 0.240. The van der Waals surface area contributed by atoms with E-state index in [0.717, 1.165) is 11.1 Å². The van der Waals surface area contributed by atoms with E-state index in [9.17, 15) is 14.0 Å². The molecule has 4 rings (SSSR count). The minimum atomic E-state index is -1.02. The van der Waals surface area contributed by atoms with Gasteiger partial charge in [0.2, 0.25) is 5.91 Å². The molecule has 38 heavy (non-hydrogen) atoms. The summed E-state index contributed by atoms with van der Waals surface area (Å²) in [6.45, 7) is 0.160. The Hall–Kier alpha value is -4.65. The molecule has 194 valence electrons. The first-order chi connectivity index (χ1) is 18.5. The number of ether oxygens (including phenoxy) is 2. The molecule has 4 aromatic rings. The summed E-state index contributed by atoms with van der Waals surface area (Å²) in [5, 5.41) is 2.91. The molecule has 1 N–H and O–H groups in total. The van der Waals surface area contributed by atoms with E-state index in [2.05, 4.69) is 5.32 Å². The Morgan fingerprint density at radius 3 is 1.92 bits per heavy atom. The van der Waals surface area contributed by atoms with Crippen LogP contribution < -0.4 is 14.8 Å². The third kappa shape index (κ3) is 6.76. The molecule has 0 saturated heterocycles. The standard InChI is InChI=1S/C31H29FN2O4/c1-37-27-16-8-23(9-17-27)21-34(29(35)20-22-6-4-3-5-7-22)30(24-10-12-25(32)13-11-24)31(36)33-26-14-18-28(38-2)19-15-26/h3-19,30H,20-21H2,1-2H3,(H,33,36). The van der Waals surface area contributed by atoms with Crippen molar-refractivity contribution in [2.45, 2.75) is 19.0 Å². The van der Waals surface area contributed by atoms with Crippen LogP contribution in [0, 0.1) is 5.82 Å². The maximum atomic E-state index is 13.8. The van der Waals surface area contributed by atoms with Gasteiger partial charge in [-0.25, -0.2) is 4.39 Å². The average molecular weight is 513 g/mol. The van der Waals surface area contributed by atoms with Crippen molar-refractivity contribution < 1.29 is 23.5 Å². The van der Waals surface area contributed by atoms with Crippen LogP contribution in [0.5, 0.6) is 11.5 Å². The second kappa shape index (κ2) is 12.5. The summed E-state index contributed by atoms with van der Waals surface area (Å²) in [6, 6.07) is 28.2. The Bertz CT molecular complexity index is 1340. The van der Waals surface area contributed by atoms with Gasteiger partial charge in [0.1, 0.15) is 23.4 Å². The fourth-order valence-electron chi connectivity index (χ4n) is 4.13. The summed E-state index contributed by atoms with van der Waals surface area (Å²) in [4.78, 5) is 29.1.